The van der Waals surface area contributed by atoms with Crippen molar-refractivity contribution in [1.82, 2.24) is 0 Å². The van der Waals surface area contributed by atoms with Crippen molar-refractivity contribution in [3.05, 3.63) is 28.8 Å². The van der Waals surface area contributed by atoms with Gasteiger partial charge in [-0.2, -0.15) is 0 Å². The molecule has 1 amide bonds. The summed E-state index contributed by atoms with van der Waals surface area (Å²) in [6, 6.07) is 4.19. The Balaban J connectivity index is 0.00000200. The number of hydrogen-bond acceptors (Lipinski definition) is 2. The molecule has 1 saturated carbocycles. The molecule has 0 bridgehead atoms. The maximum atomic E-state index is 12.5. The topological polar surface area (TPSA) is 29.1 Å². The Kier molecular flexibility index (Phi) is 5.51. The van der Waals surface area contributed by atoms with Crippen LogP contribution < -0.4 is 5.32 Å². The fourth-order valence-corrected chi connectivity index (χ4v) is 3.00. The molecule has 1 radical (unpaired) electrons. The van der Waals surface area contributed by atoms with Crippen LogP contribution in [0.5, 0.6) is 0 Å². The Morgan fingerprint density at radius 3 is 2.00 bits per heavy atom. The van der Waals surface area contributed by atoms with Gasteiger partial charge in [0.1, 0.15) is 0 Å². The van der Waals surface area contributed by atoms with Crippen LogP contribution in [0.3, 0.4) is 0 Å². The Bertz CT molecular complexity index is 510. The molecule has 2 rings (SSSR count). The van der Waals surface area contributed by atoms with Gasteiger partial charge in [-0.1, -0.05) is 17.7 Å². The zero-order valence-electron chi connectivity index (χ0n) is 12.9. The summed E-state index contributed by atoms with van der Waals surface area (Å²) in [7, 11) is 3.83. The summed E-state index contributed by atoms with van der Waals surface area (Å²) in [5, 5.41) is 3.09. The summed E-state index contributed by atoms with van der Waals surface area (Å²) in [6.07, 6.45) is 1.75. The van der Waals surface area contributed by atoms with E-state index in [1.807, 2.05) is 27.9 Å². The zero-order valence-corrected chi connectivity index (χ0v) is 16.6. The second-order valence-electron chi connectivity index (χ2n) is 6.11. The van der Waals surface area contributed by atoms with Crippen molar-refractivity contribution in [3.8, 4) is 0 Å². The predicted octanol–water partition coefficient (Wildman–Crippen LogP) is 2.62. The maximum Gasteiger partial charge on any atom is 0.284 e. The van der Waals surface area contributed by atoms with E-state index in [1.165, 1.54) is 5.56 Å². The van der Waals surface area contributed by atoms with Crippen LogP contribution in [-0.2, 0) is 50.3 Å². The summed E-state index contributed by atoms with van der Waals surface area (Å²) < 4.78 is 0.281. The molecule has 1 aliphatic rings. The molecule has 0 aromatic heterocycles. The van der Waals surface area contributed by atoms with Gasteiger partial charge in [-0.3, -0.25) is 4.79 Å². The number of rotatable bonds is 3. The van der Waals surface area contributed by atoms with E-state index in [1.54, 1.807) is 0 Å². The molecule has 107 valence electrons. The Morgan fingerprint density at radius 1 is 1.20 bits per heavy atom. The summed E-state index contributed by atoms with van der Waals surface area (Å²) in [5.74, 6) is 0.0579. The van der Waals surface area contributed by atoms with Crippen LogP contribution in [0.25, 0.3) is 0 Å². The second kappa shape index (κ2) is 6.08. The van der Waals surface area contributed by atoms with Crippen molar-refractivity contribution >= 4 is 24.4 Å². The number of likely N-dealkylation sites (N-methyl/N-ethyl adjacent to an activating group) is 1. The Morgan fingerprint density at radius 2 is 1.65 bits per heavy atom. The minimum atomic E-state index is -0.418. The van der Waals surface area contributed by atoms with Gasteiger partial charge in [0, 0.05) is 51.2 Å². The van der Waals surface area contributed by atoms with E-state index in [0.29, 0.717) is 0 Å². The van der Waals surface area contributed by atoms with E-state index >= 15 is 0 Å². The molecule has 1 aliphatic carbocycles. The molecule has 1 aromatic rings. The molecule has 0 atom stereocenters. The van der Waals surface area contributed by atoms with Gasteiger partial charge in [0.15, 0.2) is 5.54 Å². The molecular weight excluding hydrogens is 345 g/mol. The molecule has 0 heterocycles. The van der Waals surface area contributed by atoms with Gasteiger partial charge in [0.2, 0.25) is 0 Å². The number of benzene rings is 1. The number of nitrogens with zero attached hydrogens (tertiary/aromatic N) is 1. The van der Waals surface area contributed by atoms with Crippen LogP contribution in [0.1, 0.15) is 29.5 Å². The van der Waals surface area contributed by atoms with Gasteiger partial charge in [-0.25, -0.2) is 0 Å². The minimum absolute atomic E-state index is 0. The first kappa shape index (κ1) is 18.2. The number of carbonyl (C=O) groups excluding carboxylic acids is 1. The standard InChI is InChI=1S/C15H22N2OS.Y/c1-10-8-11(2)13(12(3)9-10)16-14(18)15(6-7-15)17(4,5)19;/h8-9H,6-7H2,1-5H3,(H,16,18);. The molecule has 3 nitrogen and oxygen atoms in total. The van der Waals surface area contributed by atoms with Crippen LogP contribution in [0.15, 0.2) is 12.1 Å². The smallest absolute Gasteiger partial charge is 0.284 e. The van der Waals surface area contributed by atoms with Crippen LogP contribution in [0, 0.1) is 20.8 Å². The van der Waals surface area contributed by atoms with E-state index in [4.69, 9.17) is 12.8 Å². The molecule has 20 heavy (non-hydrogen) atoms. The van der Waals surface area contributed by atoms with Crippen LogP contribution >= 0.6 is 0 Å². The number of hydrogen-bond donors (Lipinski definition) is 1. The summed E-state index contributed by atoms with van der Waals surface area (Å²) in [6.45, 7) is 6.13. The number of amides is 1. The van der Waals surface area contributed by atoms with E-state index in [9.17, 15) is 4.79 Å². The van der Waals surface area contributed by atoms with E-state index < -0.39 is 5.54 Å². The van der Waals surface area contributed by atoms with E-state index in [-0.39, 0.29) is 42.5 Å². The Hall–Kier alpha value is 0.104. The first-order valence-electron chi connectivity index (χ1n) is 6.62. The molecular formula is C15H22N2OSY. The third kappa shape index (κ3) is 3.29. The van der Waals surface area contributed by atoms with Crippen molar-refractivity contribution in [2.24, 2.45) is 0 Å². The van der Waals surface area contributed by atoms with Crippen molar-refractivity contribution in [3.63, 3.8) is 0 Å². The summed E-state index contributed by atoms with van der Waals surface area (Å²) in [4.78, 5) is 12.5. The molecule has 1 fully saturated rings. The molecule has 0 aliphatic heterocycles. The van der Waals surface area contributed by atoms with Crippen molar-refractivity contribution in [2.75, 3.05) is 19.4 Å². The number of quaternary nitrogens is 1. The minimum Gasteiger partial charge on any atom is -0.494 e. The van der Waals surface area contributed by atoms with Gasteiger partial charge < -0.3 is 22.0 Å². The van der Waals surface area contributed by atoms with Crippen LogP contribution in [0.4, 0.5) is 5.69 Å². The largest absolute Gasteiger partial charge is 0.494 e. The van der Waals surface area contributed by atoms with Gasteiger partial charge in [-0.05, 0) is 31.9 Å². The normalized spacial score (nSPS) is 16.3. The van der Waals surface area contributed by atoms with Gasteiger partial charge in [-0.15, -0.1) is 0 Å². The summed E-state index contributed by atoms with van der Waals surface area (Å²) >= 11 is 5.44. The van der Waals surface area contributed by atoms with Gasteiger partial charge in [0.25, 0.3) is 5.91 Å². The zero-order chi connectivity index (χ0) is 14.4. The molecule has 1 aromatic carbocycles. The van der Waals surface area contributed by atoms with Crippen molar-refractivity contribution in [2.45, 2.75) is 39.2 Å². The number of carbonyl (C=O) groups is 1. The van der Waals surface area contributed by atoms with Crippen molar-refractivity contribution < 1.29 is 41.4 Å². The average molecular weight is 367 g/mol. The van der Waals surface area contributed by atoms with Crippen LogP contribution in [0.2, 0.25) is 0 Å². The first-order valence-corrected chi connectivity index (χ1v) is 6.98. The van der Waals surface area contributed by atoms with Crippen LogP contribution in [-0.4, -0.2) is 29.4 Å². The molecule has 5 heteroatoms. The summed E-state index contributed by atoms with van der Waals surface area (Å²) in [5.41, 5.74) is 3.95. The third-order valence-electron chi connectivity index (χ3n) is 4.09. The molecule has 1 N–H and O–H groups in total. The first-order chi connectivity index (χ1) is 8.67. The quantitative estimate of drug-likeness (QED) is 0.657. The monoisotopic (exact) mass is 367 g/mol. The predicted molar refractivity (Wildman–Crippen MR) is 80.7 cm³/mol. The van der Waals surface area contributed by atoms with E-state index in [0.717, 1.165) is 29.7 Å². The number of aryl methyl sites for hydroxylation is 3. The molecule has 0 unspecified atom stereocenters. The fourth-order valence-electron chi connectivity index (χ4n) is 2.74. The maximum absolute atomic E-state index is 12.5. The van der Waals surface area contributed by atoms with Gasteiger partial charge >= 0.3 is 0 Å². The second-order valence-corrected chi connectivity index (χ2v) is 7.02. The number of nitrogens with one attached hydrogen (secondary N) is 1. The number of anilines is 1. The molecule has 0 saturated heterocycles. The van der Waals surface area contributed by atoms with E-state index in [2.05, 4.69) is 24.4 Å². The molecule has 0 spiro atoms. The third-order valence-corrected chi connectivity index (χ3v) is 4.44. The fraction of sp³-hybridized carbons (Fsp3) is 0.533. The van der Waals surface area contributed by atoms with Gasteiger partial charge in [0.05, 0.1) is 14.1 Å². The van der Waals surface area contributed by atoms with Crippen molar-refractivity contribution in [1.29, 1.82) is 0 Å². The average Bonchev–Trinajstić information content (AvgIpc) is 3.02. The SMILES string of the molecule is Cc1cc(C)c(NC(=O)C2([N+](C)(C)[S-])CC2)c(C)c1.[Y]. The Labute approximate surface area is 152 Å².